The van der Waals surface area contributed by atoms with Crippen LogP contribution in [0.1, 0.15) is 46.3 Å². The zero-order chi connectivity index (χ0) is 35.4. The molecule has 270 valence electrons. The van der Waals surface area contributed by atoms with Gasteiger partial charge in [0.1, 0.15) is 6.04 Å². The molecule has 3 aliphatic rings. The summed E-state index contributed by atoms with van der Waals surface area (Å²) in [6.45, 7) is 7.07. The van der Waals surface area contributed by atoms with Gasteiger partial charge in [0.15, 0.2) is 0 Å². The highest BCUT2D eigenvalue weighted by atomic mass is 32.2. The van der Waals surface area contributed by atoms with Crippen molar-refractivity contribution < 1.29 is 32.8 Å². The molecule has 0 saturated carbocycles. The number of benzene rings is 3. The maximum absolute atomic E-state index is 13.1. The van der Waals surface area contributed by atoms with E-state index in [1.807, 2.05) is 47.4 Å². The molecule has 1 unspecified atom stereocenters. The van der Waals surface area contributed by atoms with E-state index >= 15 is 0 Å². The minimum absolute atomic E-state index is 0.121. The molecule has 12 nitrogen and oxygen atoms in total. The van der Waals surface area contributed by atoms with Gasteiger partial charge in [-0.25, -0.2) is 0 Å². The number of anilines is 1. The SMILES string of the molecule is O=C1CCC(N2Cc3c(NCc4ccc(CN5CCN(C(=O)CCOCCOCCOSc6ccccc6)CC5)cc4)cccc3C2=O)C(=O)N1. The molecule has 0 aliphatic carbocycles. The largest absolute Gasteiger partial charge is 0.381 e. The van der Waals surface area contributed by atoms with E-state index < -0.39 is 11.9 Å². The summed E-state index contributed by atoms with van der Waals surface area (Å²) in [6.07, 6.45) is 0.939. The molecule has 3 aromatic rings. The number of ether oxygens (including phenoxy) is 2. The third-order valence-electron chi connectivity index (χ3n) is 9.26. The predicted octanol–water partition coefficient (Wildman–Crippen LogP) is 3.85. The lowest BCUT2D eigenvalue weighted by atomic mass is 10.0. The van der Waals surface area contributed by atoms with Crippen molar-refractivity contribution in [2.24, 2.45) is 0 Å². The molecule has 0 spiro atoms. The smallest absolute Gasteiger partial charge is 0.255 e. The Morgan fingerprint density at radius 3 is 2.31 bits per heavy atom. The van der Waals surface area contributed by atoms with Gasteiger partial charge in [0.05, 0.1) is 39.5 Å². The van der Waals surface area contributed by atoms with Crippen molar-refractivity contribution in [3.63, 3.8) is 0 Å². The number of hydrogen-bond acceptors (Lipinski definition) is 10. The van der Waals surface area contributed by atoms with Crippen LogP contribution in [0.4, 0.5) is 5.69 Å². The van der Waals surface area contributed by atoms with E-state index in [0.717, 1.165) is 41.3 Å². The molecule has 6 rings (SSSR count). The van der Waals surface area contributed by atoms with E-state index in [0.29, 0.717) is 77.6 Å². The van der Waals surface area contributed by atoms with Gasteiger partial charge in [0, 0.05) is 86.0 Å². The molecule has 4 amide bonds. The van der Waals surface area contributed by atoms with Crippen LogP contribution in [0.3, 0.4) is 0 Å². The third kappa shape index (κ3) is 10.2. The van der Waals surface area contributed by atoms with Crippen LogP contribution in [0.5, 0.6) is 0 Å². The summed E-state index contributed by atoms with van der Waals surface area (Å²) in [4.78, 5) is 56.8. The van der Waals surface area contributed by atoms with E-state index in [1.54, 1.807) is 11.0 Å². The fraction of sp³-hybridized carbons (Fsp3) is 0.421. The van der Waals surface area contributed by atoms with Crippen molar-refractivity contribution in [2.75, 3.05) is 64.5 Å². The van der Waals surface area contributed by atoms with Crippen LogP contribution in [0.2, 0.25) is 0 Å². The molecule has 51 heavy (non-hydrogen) atoms. The molecule has 3 aliphatic heterocycles. The van der Waals surface area contributed by atoms with Gasteiger partial charge in [-0.3, -0.25) is 29.4 Å². The molecule has 2 N–H and O–H groups in total. The second kappa shape index (κ2) is 18.3. The first-order valence-electron chi connectivity index (χ1n) is 17.5. The van der Waals surface area contributed by atoms with E-state index in [4.69, 9.17) is 13.7 Å². The average Bonchev–Trinajstić information content (AvgIpc) is 3.49. The third-order valence-corrected chi connectivity index (χ3v) is 10.0. The molecule has 0 aromatic heterocycles. The first kappa shape index (κ1) is 36.5. The van der Waals surface area contributed by atoms with Crippen molar-refractivity contribution >= 4 is 41.4 Å². The molecule has 13 heteroatoms. The van der Waals surface area contributed by atoms with Crippen molar-refractivity contribution in [1.29, 1.82) is 0 Å². The summed E-state index contributed by atoms with van der Waals surface area (Å²) in [5.41, 5.74) is 4.65. The molecule has 3 heterocycles. The minimum atomic E-state index is -0.635. The van der Waals surface area contributed by atoms with E-state index in [-0.39, 0.29) is 24.1 Å². The maximum Gasteiger partial charge on any atom is 0.255 e. The zero-order valence-corrected chi connectivity index (χ0v) is 29.5. The summed E-state index contributed by atoms with van der Waals surface area (Å²) in [5, 5.41) is 5.83. The summed E-state index contributed by atoms with van der Waals surface area (Å²) < 4.78 is 16.7. The minimum Gasteiger partial charge on any atom is -0.381 e. The summed E-state index contributed by atoms with van der Waals surface area (Å²) in [5.74, 6) is -0.763. The molecular weight excluding hydrogens is 671 g/mol. The topological polar surface area (TPSA) is 130 Å². The van der Waals surface area contributed by atoms with Gasteiger partial charge >= 0.3 is 0 Å². The van der Waals surface area contributed by atoms with Gasteiger partial charge in [-0.15, -0.1) is 0 Å². The Morgan fingerprint density at radius 2 is 1.55 bits per heavy atom. The Hall–Kier alpha value is -4.27. The Balaban J connectivity index is 0.842. The molecule has 1 atom stereocenters. The van der Waals surface area contributed by atoms with Gasteiger partial charge in [0.25, 0.3) is 5.91 Å². The molecule has 2 fully saturated rings. The summed E-state index contributed by atoms with van der Waals surface area (Å²) in [6, 6.07) is 23.3. The fourth-order valence-electron chi connectivity index (χ4n) is 6.44. The Labute approximate surface area is 303 Å². The second-order valence-corrected chi connectivity index (χ2v) is 13.6. The number of piperazine rings is 1. The second-order valence-electron chi connectivity index (χ2n) is 12.8. The summed E-state index contributed by atoms with van der Waals surface area (Å²) in [7, 11) is 0. The number of carbonyl (C=O) groups is 4. The Kier molecular flexibility index (Phi) is 13.1. The van der Waals surface area contributed by atoms with E-state index in [2.05, 4.69) is 39.8 Å². The Morgan fingerprint density at radius 1 is 0.824 bits per heavy atom. The number of piperidine rings is 1. The number of nitrogens with one attached hydrogen (secondary N) is 2. The average molecular weight is 716 g/mol. The summed E-state index contributed by atoms with van der Waals surface area (Å²) >= 11 is 1.34. The lowest BCUT2D eigenvalue weighted by Gasteiger charge is -2.34. The van der Waals surface area contributed by atoms with E-state index in [9.17, 15) is 19.2 Å². The quantitative estimate of drug-likeness (QED) is 0.121. The number of nitrogens with zero attached hydrogens (tertiary/aromatic N) is 3. The molecule has 3 aromatic carbocycles. The molecular formula is C38H45N5O7S. The number of carbonyl (C=O) groups excluding carboxylic acids is 4. The van der Waals surface area contributed by atoms with Crippen LogP contribution >= 0.6 is 12.0 Å². The number of fused-ring (bicyclic) bond motifs is 1. The van der Waals surface area contributed by atoms with Crippen LogP contribution in [0.15, 0.2) is 77.7 Å². The van der Waals surface area contributed by atoms with Crippen molar-refractivity contribution in [1.82, 2.24) is 20.0 Å². The zero-order valence-electron chi connectivity index (χ0n) is 28.7. The van der Waals surface area contributed by atoms with Gasteiger partial charge in [-0.05, 0) is 41.8 Å². The number of rotatable bonds is 17. The maximum atomic E-state index is 13.1. The first-order chi connectivity index (χ1) is 24.9. The van der Waals surface area contributed by atoms with Crippen LogP contribution in [-0.4, -0.2) is 104 Å². The van der Waals surface area contributed by atoms with Crippen LogP contribution in [0, 0.1) is 0 Å². The van der Waals surface area contributed by atoms with Gasteiger partial charge < -0.3 is 28.8 Å². The van der Waals surface area contributed by atoms with Crippen molar-refractivity contribution in [2.45, 2.75) is 49.8 Å². The van der Waals surface area contributed by atoms with Gasteiger partial charge in [0.2, 0.25) is 17.7 Å². The molecule has 0 bridgehead atoms. The monoisotopic (exact) mass is 715 g/mol. The number of imide groups is 1. The number of hydrogen-bond donors (Lipinski definition) is 2. The standard InChI is InChI=1S/C38H45N5O7S/c44-35-14-13-34(37(46)40-35)43-27-32-31(38(43)47)7-4-8-33(32)39-25-28-9-11-29(12-10-28)26-41-16-18-42(19-17-41)36(45)15-20-48-21-22-49-23-24-50-51-30-5-2-1-3-6-30/h1-12,34,39H,13-27H2,(H,40,44,46). The van der Waals surface area contributed by atoms with Crippen molar-refractivity contribution in [3.8, 4) is 0 Å². The van der Waals surface area contributed by atoms with Crippen molar-refractivity contribution in [3.05, 3.63) is 95.1 Å². The highest BCUT2D eigenvalue weighted by Crippen LogP contribution is 2.32. The van der Waals surface area contributed by atoms with Gasteiger partial charge in [-0.1, -0.05) is 48.5 Å². The normalized spacial score (nSPS) is 17.8. The van der Waals surface area contributed by atoms with Crippen LogP contribution < -0.4 is 10.6 Å². The highest BCUT2D eigenvalue weighted by molar-refractivity contribution is 7.94. The lowest BCUT2D eigenvalue weighted by molar-refractivity contribution is -0.137. The fourth-order valence-corrected chi connectivity index (χ4v) is 7.00. The predicted molar refractivity (Wildman–Crippen MR) is 193 cm³/mol. The number of amides is 4. The van der Waals surface area contributed by atoms with Gasteiger partial charge in [-0.2, -0.15) is 0 Å². The highest BCUT2D eigenvalue weighted by Gasteiger charge is 2.39. The van der Waals surface area contributed by atoms with Crippen LogP contribution in [0.25, 0.3) is 0 Å². The molecule has 0 radical (unpaired) electrons. The van der Waals surface area contributed by atoms with E-state index in [1.165, 1.54) is 17.6 Å². The lowest BCUT2D eigenvalue weighted by Crippen LogP contribution is -2.52. The first-order valence-corrected chi connectivity index (χ1v) is 18.3. The van der Waals surface area contributed by atoms with Crippen LogP contribution in [-0.2, 0) is 47.7 Å². The Bertz CT molecular complexity index is 1650. The molecule has 2 saturated heterocycles.